The van der Waals surface area contributed by atoms with Crippen molar-refractivity contribution in [3.63, 3.8) is 0 Å². The fourth-order valence-corrected chi connectivity index (χ4v) is 1.04. The van der Waals surface area contributed by atoms with Crippen LogP contribution in [0, 0.1) is 11.3 Å². The summed E-state index contributed by atoms with van der Waals surface area (Å²) < 4.78 is 4.93. The quantitative estimate of drug-likeness (QED) is 0.651. The summed E-state index contributed by atoms with van der Waals surface area (Å²) in [6.07, 6.45) is 0.478. The minimum Gasteiger partial charge on any atom is -0.383 e. The molecule has 4 nitrogen and oxygen atoms in total. The molecule has 0 spiro atoms. The molecule has 5 heteroatoms. The molecule has 0 aliphatic heterocycles. The van der Waals surface area contributed by atoms with Gasteiger partial charge in [0, 0.05) is 27.2 Å². The first-order valence-electron chi connectivity index (χ1n) is 4.08. The van der Waals surface area contributed by atoms with E-state index in [1.54, 1.807) is 14.2 Å². The van der Waals surface area contributed by atoms with Gasteiger partial charge in [0.1, 0.15) is 0 Å². The average molecular weight is 201 g/mol. The van der Waals surface area contributed by atoms with Crippen LogP contribution >= 0.6 is 12.2 Å². The Morgan fingerprint density at radius 1 is 1.62 bits per heavy atom. The number of methoxy groups -OCH3 is 1. The molecule has 0 fully saturated rings. The van der Waals surface area contributed by atoms with E-state index in [4.69, 9.17) is 22.2 Å². The molecular formula is C8H15N3OS. The van der Waals surface area contributed by atoms with Crippen molar-refractivity contribution in [1.82, 2.24) is 10.2 Å². The summed E-state index contributed by atoms with van der Waals surface area (Å²) in [7, 11) is 3.42. The van der Waals surface area contributed by atoms with E-state index in [0.29, 0.717) is 24.7 Å². The van der Waals surface area contributed by atoms with Crippen molar-refractivity contribution >= 4 is 17.3 Å². The van der Waals surface area contributed by atoms with Gasteiger partial charge in [-0.25, -0.2) is 0 Å². The number of nitrogens with one attached hydrogen (secondary N) is 1. The molecule has 0 heterocycles. The van der Waals surface area contributed by atoms with E-state index in [0.717, 1.165) is 6.54 Å². The van der Waals surface area contributed by atoms with Gasteiger partial charge in [-0.3, -0.25) is 0 Å². The summed E-state index contributed by atoms with van der Waals surface area (Å²) in [5, 5.41) is 12.0. The van der Waals surface area contributed by atoms with Gasteiger partial charge in [0.2, 0.25) is 0 Å². The van der Waals surface area contributed by atoms with Crippen LogP contribution in [0.4, 0.5) is 0 Å². The number of ether oxygens (including phenoxy) is 1. The van der Waals surface area contributed by atoms with Gasteiger partial charge in [0.15, 0.2) is 5.11 Å². The molecule has 0 aliphatic carbocycles. The molecule has 0 saturated heterocycles. The van der Waals surface area contributed by atoms with E-state index in [9.17, 15) is 0 Å². The zero-order chi connectivity index (χ0) is 10.1. The van der Waals surface area contributed by atoms with Gasteiger partial charge in [-0.15, -0.1) is 0 Å². The highest BCUT2D eigenvalue weighted by molar-refractivity contribution is 7.80. The number of hydrogen-bond donors (Lipinski definition) is 1. The van der Waals surface area contributed by atoms with Crippen molar-refractivity contribution in [1.29, 1.82) is 5.26 Å². The maximum Gasteiger partial charge on any atom is 0.168 e. The number of nitriles is 1. The van der Waals surface area contributed by atoms with Crippen LogP contribution in [-0.2, 0) is 4.74 Å². The zero-order valence-corrected chi connectivity index (χ0v) is 8.86. The summed E-state index contributed by atoms with van der Waals surface area (Å²) in [6, 6.07) is 2.08. The standard InChI is InChI=1S/C8H15N3OS/c1-10-8(13)11(5-3-4-9)6-7-12-2/h3,5-7H2,1-2H3,(H,10,13). The number of nitrogens with zero attached hydrogens (tertiary/aromatic N) is 2. The van der Waals surface area contributed by atoms with E-state index in [2.05, 4.69) is 11.4 Å². The SMILES string of the molecule is CNC(=S)N(CCC#N)CCOC. The third-order valence-electron chi connectivity index (χ3n) is 1.56. The predicted octanol–water partition coefficient (Wildman–Crippen LogP) is 0.353. The zero-order valence-electron chi connectivity index (χ0n) is 8.04. The number of thiocarbonyl (C=S) groups is 1. The summed E-state index contributed by atoms with van der Waals surface area (Å²) >= 11 is 5.05. The Hall–Kier alpha value is -0.860. The molecule has 0 rings (SSSR count). The smallest absolute Gasteiger partial charge is 0.168 e. The number of rotatable bonds is 5. The molecule has 0 aliphatic rings. The van der Waals surface area contributed by atoms with Crippen molar-refractivity contribution in [2.45, 2.75) is 6.42 Å². The normalized spacial score (nSPS) is 9.00. The molecule has 0 bridgehead atoms. The second-order valence-electron chi connectivity index (χ2n) is 2.44. The minimum absolute atomic E-state index is 0.478. The van der Waals surface area contributed by atoms with Crippen LogP contribution in [-0.4, -0.2) is 43.9 Å². The molecule has 0 saturated carbocycles. The number of hydrogen-bond acceptors (Lipinski definition) is 3. The molecule has 74 valence electrons. The lowest BCUT2D eigenvalue weighted by Crippen LogP contribution is -2.40. The average Bonchev–Trinajstić information content (AvgIpc) is 2.17. The van der Waals surface area contributed by atoms with E-state index in [1.165, 1.54) is 0 Å². The Kier molecular flexibility index (Phi) is 7.26. The Morgan fingerprint density at radius 2 is 2.31 bits per heavy atom. The third kappa shape index (κ3) is 5.39. The Labute approximate surface area is 84.5 Å². The molecule has 0 radical (unpaired) electrons. The lowest BCUT2D eigenvalue weighted by atomic mass is 10.4. The largest absolute Gasteiger partial charge is 0.383 e. The fraction of sp³-hybridized carbons (Fsp3) is 0.750. The van der Waals surface area contributed by atoms with Gasteiger partial charge in [-0.05, 0) is 12.2 Å². The van der Waals surface area contributed by atoms with E-state index < -0.39 is 0 Å². The van der Waals surface area contributed by atoms with E-state index in [1.807, 2.05) is 4.90 Å². The monoisotopic (exact) mass is 201 g/mol. The topological polar surface area (TPSA) is 48.3 Å². The van der Waals surface area contributed by atoms with Crippen LogP contribution in [0.3, 0.4) is 0 Å². The molecule has 0 amide bonds. The van der Waals surface area contributed by atoms with E-state index >= 15 is 0 Å². The first-order valence-corrected chi connectivity index (χ1v) is 4.49. The van der Waals surface area contributed by atoms with Crippen molar-refractivity contribution in [3.8, 4) is 6.07 Å². The van der Waals surface area contributed by atoms with Crippen LogP contribution in [0.15, 0.2) is 0 Å². The van der Waals surface area contributed by atoms with Gasteiger partial charge in [-0.1, -0.05) is 0 Å². The van der Waals surface area contributed by atoms with Crippen LogP contribution < -0.4 is 5.32 Å². The Balaban J connectivity index is 3.88. The predicted molar refractivity (Wildman–Crippen MR) is 55.3 cm³/mol. The van der Waals surface area contributed by atoms with Crippen LogP contribution in [0.1, 0.15) is 6.42 Å². The minimum atomic E-state index is 0.478. The van der Waals surface area contributed by atoms with Gasteiger partial charge in [0.05, 0.1) is 19.1 Å². The van der Waals surface area contributed by atoms with Crippen molar-refractivity contribution in [2.75, 3.05) is 33.9 Å². The van der Waals surface area contributed by atoms with Crippen molar-refractivity contribution in [3.05, 3.63) is 0 Å². The van der Waals surface area contributed by atoms with Gasteiger partial charge >= 0.3 is 0 Å². The highest BCUT2D eigenvalue weighted by Gasteiger charge is 2.06. The van der Waals surface area contributed by atoms with Crippen LogP contribution in [0.25, 0.3) is 0 Å². The highest BCUT2D eigenvalue weighted by Crippen LogP contribution is 1.92. The molecule has 13 heavy (non-hydrogen) atoms. The second kappa shape index (κ2) is 7.77. The lowest BCUT2D eigenvalue weighted by molar-refractivity contribution is 0.176. The van der Waals surface area contributed by atoms with Crippen LogP contribution in [0.5, 0.6) is 0 Å². The molecule has 0 atom stereocenters. The molecule has 0 aromatic rings. The molecular weight excluding hydrogens is 186 g/mol. The summed E-state index contributed by atoms with van der Waals surface area (Å²) in [5.74, 6) is 0. The van der Waals surface area contributed by atoms with Gasteiger partial charge in [0.25, 0.3) is 0 Å². The molecule has 0 unspecified atom stereocenters. The van der Waals surface area contributed by atoms with E-state index in [-0.39, 0.29) is 0 Å². The molecule has 1 N–H and O–H groups in total. The fourth-order valence-electron chi connectivity index (χ4n) is 0.859. The molecule has 0 aromatic heterocycles. The van der Waals surface area contributed by atoms with Crippen LogP contribution in [0.2, 0.25) is 0 Å². The first-order chi connectivity index (χ1) is 6.26. The Morgan fingerprint density at radius 3 is 2.77 bits per heavy atom. The summed E-state index contributed by atoms with van der Waals surface area (Å²) in [6.45, 7) is 1.99. The van der Waals surface area contributed by atoms with Gasteiger partial charge < -0.3 is 15.0 Å². The maximum atomic E-state index is 8.42. The summed E-state index contributed by atoms with van der Waals surface area (Å²) in [5.41, 5.74) is 0. The highest BCUT2D eigenvalue weighted by atomic mass is 32.1. The third-order valence-corrected chi connectivity index (χ3v) is 2.02. The lowest BCUT2D eigenvalue weighted by Gasteiger charge is -2.23. The van der Waals surface area contributed by atoms with Crippen molar-refractivity contribution < 1.29 is 4.74 Å². The maximum absolute atomic E-state index is 8.42. The van der Waals surface area contributed by atoms with Gasteiger partial charge in [-0.2, -0.15) is 5.26 Å². The molecule has 0 aromatic carbocycles. The first kappa shape index (κ1) is 12.1. The Bertz CT molecular complexity index is 190. The summed E-state index contributed by atoms with van der Waals surface area (Å²) in [4.78, 5) is 1.92. The second-order valence-corrected chi connectivity index (χ2v) is 2.83. The van der Waals surface area contributed by atoms with Crippen molar-refractivity contribution in [2.24, 2.45) is 0 Å².